The number of ether oxygens (including phenoxy) is 2. The molecule has 0 aliphatic carbocycles. The molecule has 5 nitrogen and oxygen atoms in total. The fourth-order valence-corrected chi connectivity index (χ4v) is 3.71. The van der Waals surface area contributed by atoms with Crippen molar-refractivity contribution in [3.8, 4) is 11.5 Å². The smallest absolute Gasteiger partial charge is 0.244 e. The first-order chi connectivity index (χ1) is 15.4. The number of nitrogens with zero attached hydrogens (tertiary/aromatic N) is 1. The number of hydrogen-bond acceptors (Lipinski definition) is 4. The maximum atomic E-state index is 13.0. The summed E-state index contributed by atoms with van der Waals surface area (Å²) in [5, 5.41) is 4.69. The Balaban J connectivity index is 1.65. The molecule has 0 saturated heterocycles. The van der Waals surface area contributed by atoms with Crippen LogP contribution in [0.25, 0.3) is 0 Å². The molecule has 1 N–H and O–H groups in total. The van der Waals surface area contributed by atoms with Gasteiger partial charge in [0, 0.05) is 5.02 Å². The molecule has 8 heteroatoms. The van der Waals surface area contributed by atoms with Crippen molar-refractivity contribution in [1.29, 1.82) is 0 Å². The van der Waals surface area contributed by atoms with Gasteiger partial charge in [-0.25, -0.2) is 9.82 Å². The lowest BCUT2D eigenvalue weighted by Gasteiger charge is -2.15. The van der Waals surface area contributed by atoms with Gasteiger partial charge >= 0.3 is 0 Å². The second-order valence-corrected chi connectivity index (χ2v) is 8.37. The van der Waals surface area contributed by atoms with Crippen LogP contribution in [0.1, 0.15) is 23.6 Å². The van der Waals surface area contributed by atoms with Crippen LogP contribution in [0.4, 0.5) is 4.39 Å². The van der Waals surface area contributed by atoms with Gasteiger partial charge in [0.2, 0.25) is 5.91 Å². The summed E-state index contributed by atoms with van der Waals surface area (Å²) in [6, 6.07) is 16.9. The number of hydrogen-bond donors (Lipinski definition) is 1. The Labute approximate surface area is 204 Å². The molecule has 0 radical (unpaired) electrons. The van der Waals surface area contributed by atoms with Crippen LogP contribution < -0.4 is 14.9 Å². The van der Waals surface area contributed by atoms with E-state index in [0.717, 1.165) is 14.7 Å². The van der Waals surface area contributed by atoms with Gasteiger partial charge < -0.3 is 9.47 Å². The maximum Gasteiger partial charge on any atom is 0.244 e. The van der Waals surface area contributed by atoms with Gasteiger partial charge in [-0.3, -0.25) is 4.79 Å². The lowest BCUT2D eigenvalue weighted by molar-refractivity contribution is -0.120. The third-order valence-electron chi connectivity index (χ3n) is 4.31. The second kappa shape index (κ2) is 11.8. The van der Waals surface area contributed by atoms with Crippen molar-refractivity contribution in [2.75, 3.05) is 6.61 Å². The fraction of sp³-hybridized carbons (Fsp3) is 0.167. The first-order valence-electron chi connectivity index (χ1n) is 9.84. The van der Waals surface area contributed by atoms with Crippen molar-refractivity contribution in [2.45, 2.75) is 20.0 Å². The van der Waals surface area contributed by atoms with Crippen molar-refractivity contribution < 1.29 is 18.7 Å². The monoisotopic (exact) mass is 566 g/mol. The lowest BCUT2D eigenvalue weighted by Crippen LogP contribution is -2.19. The van der Waals surface area contributed by atoms with Crippen LogP contribution in [0.3, 0.4) is 0 Å². The van der Waals surface area contributed by atoms with Gasteiger partial charge in [0.15, 0.2) is 11.5 Å². The molecule has 0 bridgehead atoms. The van der Waals surface area contributed by atoms with E-state index in [1.165, 1.54) is 18.3 Å². The van der Waals surface area contributed by atoms with E-state index in [0.29, 0.717) is 35.3 Å². The summed E-state index contributed by atoms with van der Waals surface area (Å²) in [5.74, 6) is 0.593. The van der Waals surface area contributed by atoms with Crippen LogP contribution in [0.15, 0.2) is 65.8 Å². The molecule has 1 amide bonds. The molecular weight excluding hydrogens is 546 g/mol. The molecule has 0 spiro atoms. The van der Waals surface area contributed by atoms with Gasteiger partial charge in [-0.2, -0.15) is 5.10 Å². The fourth-order valence-electron chi connectivity index (χ4n) is 2.81. The quantitative estimate of drug-likeness (QED) is 0.204. The molecular formula is C24H21ClFIN2O3. The van der Waals surface area contributed by atoms with Gasteiger partial charge in [0.1, 0.15) is 12.4 Å². The average Bonchev–Trinajstić information content (AvgIpc) is 2.76. The van der Waals surface area contributed by atoms with E-state index in [4.69, 9.17) is 21.1 Å². The van der Waals surface area contributed by atoms with E-state index in [9.17, 15) is 9.18 Å². The minimum atomic E-state index is -0.340. The Hall–Kier alpha value is -2.65. The Bertz CT molecular complexity index is 1090. The molecule has 32 heavy (non-hydrogen) atoms. The summed E-state index contributed by atoms with van der Waals surface area (Å²) in [4.78, 5) is 12.0. The first-order valence-corrected chi connectivity index (χ1v) is 11.3. The van der Waals surface area contributed by atoms with Crippen LogP contribution in [0.2, 0.25) is 5.02 Å². The summed E-state index contributed by atoms with van der Waals surface area (Å²) in [5.41, 5.74) is 4.92. The standard InChI is InChI=1S/C24H21ClFIN2O3/c1-2-31-22-12-18(14-28-29-23(30)13-16-5-9-20(26)10-6-16)11-21(27)24(22)32-15-17-3-7-19(25)8-4-17/h3-12,14H,2,13,15H2,1H3,(H,29,30)/b28-14+. The molecule has 0 fully saturated rings. The van der Waals surface area contributed by atoms with E-state index < -0.39 is 0 Å². The van der Waals surface area contributed by atoms with E-state index >= 15 is 0 Å². The number of hydrazone groups is 1. The highest BCUT2D eigenvalue weighted by Gasteiger charge is 2.12. The molecule has 3 aromatic rings. The van der Waals surface area contributed by atoms with E-state index in [-0.39, 0.29) is 18.1 Å². The van der Waals surface area contributed by atoms with Gasteiger partial charge in [0.05, 0.1) is 22.8 Å². The summed E-state index contributed by atoms with van der Waals surface area (Å²) in [6.45, 7) is 2.74. The predicted octanol–water partition coefficient (Wildman–Crippen LogP) is 5.75. The number of amides is 1. The van der Waals surface area contributed by atoms with Crippen LogP contribution in [-0.2, 0) is 17.8 Å². The molecule has 0 aliphatic heterocycles. The number of nitrogens with one attached hydrogen (secondary N) is 1. The minimum Gasteiger partial charge on any atom is -0.490 e. The molecule has 0 heterocycles. The maximum absolute atomic E-state index is 13.0. The van der Waals surface area contributed by atoms with Crippen molar-refractivity contribution >= 4 is 46.3 Å². The average molecular weight is 567 g/mol. The molecule has 0 aliphatic rings. The Morgan fingerprint density at radius 1 is 1.09 bits per heavy atom. The molecule has 0 unspecified atom stereocenters. The van der Waals surface area contributed by atoms with Gasteiger partial charge in [-0.1, -0.05) is 35.9 Å². The Morgan fingerprint density at radius 2 is 1.78 bits per heavy atom. The zero-order chi connectivity index (χ0) is 22.9. The second-order valence-electron chi connectivity index (χ2n) is 6.77. The van der Waals surface area contributed by atoms with Crippen molar-refractivity contribution in [3.63, 3.8) is 0 Å². The van der Waals surface area contributed by atoms with Gasteiger partial charge in [-0.15, -0.1) is 0 Å². The van der Waals surface area contributed by atoms with E-state index in [1.54, 1.807) is 18.2 Å². The highest BCUT2D eigenvalue weighted by molar-refractivity contribution is 14.1. The number of rotatable bonds is 9. The molecule has 3 aromatic carbocycles. The van der Waals surface area contributed by atoms with Gasteiger partial charge in [-0.05, 0) is 82.6 Å². The van der Waals surface area contributed by atoms with Crippen molar-refractivity contribution in [3.05, 3.63) is 91.8 Å². The number of carbonyl (C=O) groups is 1. The molecule has 0 saturated carbocycles. The lowest BCUT2D eigenvalue weighted by atomic mass is 10.1. The van der Waals surface area contributed by atoms with E-state index in [1.807, 2.05) is 37.3 Å². The normalized spacial score (nSPS) is 10.9. The van der Waals surface area contributed by atoms with Crippen molar-refractivity contribution in [1.82, 2.24) is 5.43 Å². The highest BCUT2D eigenvalue weighted by atomic mass is 127. The molecule has 0 atom stereocenters. The number of benzene rings is 3. The largest absolute Gasteiger partial charge is 0.490 e. The van der Waals surface area contributed by atoms with Crippen LogP contribution in [0, 0.1) is 9.39 Å². The Kier molecular flexibility index (Phi) is 8.87. The molecule has 3 rings (SSSR count). The molecule has 166 valence electrons. The molecule has 0 aromatic heterocycles. The summed E-state index contributed by atoms with van der Waals surface area (Å²) in [7, 11) is 0. The topological polar surface area (TPSA) is 59.9 Å². The first kappa shape index (κ1) is 24.0. The predicted molar refractivity (Wildman–Crippen MR) is 132 cm³/mol. The third-order valence-corrected chi connectivity index (χ3v) is 5.36. The third kappa shape index (κ3) is 7.20. The van der Waals surface area contributed by atoms with E-state index in [2.05, 4.69) is 33.1 Å². The number of halogens is 3. The van der Waals surface area contributed by atoms with Crippen LogP contribution >= 0.6 is 34.2 Å². The summed E-state index contributed by atoms with van der Waals surface area (Å²) >= 11 is 8.11. The van der Waals surface area contributed by atoms with Crippen molar-refractivity contribution in [2.24, 2.45) is 5.10 Å². The van der Waals surface area contributed by atoms with Crippen LogP contribution in [-0.4, -0.2) is 18.7 Å². The summed E-state index contributed by atoms with van der Waals surface area (Å²) in [6.07, 6.45) is 1.65. The number of carbonyl (C=O) groups excluding carboxylic acids is 1. The highest BCUT2D eigenvalue weighted by Crippen LogP contribution is 2.34. The minimum absolute atomic E-state index is 0.108. The van der Waals surface area contributed by atoms with Crippen LogP contribution in [0.5, 0.6) is 11.5 Å². The van der Waals surface area contributed by atoms with Gasteiger partial charge in [0.25, 0.3) is 0 Å². The zero-order valence-electron chi connectivity index (χ0n) is 17.3. The SMILES string of the molecule is CCOc1cc(/C=N/NC(=O)Cc2ccc(F)cc2)cc(I)c1OCc1ccc(Cl)cc1. The summed E-state index contributed by atoms with van der Waals surface area (Å²) < 4.78 is 25.6. The zero-order valence-corrected chi connectivity index (χ0v) is 20.2. The Morgan fingerprint density at radius 3 is 2.47 bits per heavy atom.